The largest absolute Gasteiger partial charge is 1.00 e. The number of carbonyl (C=O) groups is 1. The third kappa shape index (κ3) is 6.74. The molecule has 1 saturated heterocycles. The second kappa shape index (κ2) is 12.8. The first-order chi connectivity index (χ1) is 16.6. The van der Waals surface area contributed by atoms with Crippen LogP contribution < -0.4 is 18.9 Å². The Bertz CT molecular complexity index is 1300. The Balaban J connectivity index is 0.000000206. The Morgan fingerprint density at radius 3 is 1.89 bits per heavy atom. The maximum Gasteiger partial charge on any atom is 1.00 e. The Labute approximate surface area is 232 Å². The number of fused-ring (bicyclic) bond motifs is 2. The minimum absolute atomic E-state index is 0. The van der Waals surface area contributed by atoms with Crippen molar-refractivity contribution in [3.8, 4) is 0 Å². The van der Waals surface area contributed by atoms with Gasteiger partial charge in [-0.25, -0.2) is 14.2 Å². The van der Waals surface area contributed by atoms with E-state index < -0.39 is 5.97 Å². The van der Waals surface area contributed by atoms with Crippen LogP contribution in [0.25, 0.3) is 22.1 Å². The summed E-state index contributed by atoms with van der Waals surface area (Å²) in [4.78, 5) is 10.8. The molecule has 0 spiro atoms. The number of aromatic nitrogens is 6. The van der Waals surface area contributed by atoms with E-state index in [9.17, 15) is 4.79 Å². The molecule has 4 aromatic rings. The topological polar surface area (TPSA) is 128 Å². The molecule has 3 radical (unpaired) electrons. The number of rotatable bonds is 4. The second-order valence-corrected chi connectivity index (χ2v) is 8.84. The van der Waals surface area contributed by atoms with Crippen molar-refractivity contribution in [1.29, 1.82) is 0 Å². The van der Waals surface area contributed by atoms with Gasteiger partial charge in [0.25, 0.3) is 0 Å². The summed E-state index contributed by atoms with van der Waals surface area (Å²) in [6.07, 6.45) is 7.16. The van der Waals surface area contributed by atoms with Crippen molar-refractivity contribution in [2.75, 3.05) is 13.2 Å². The first-order valence-electron chi connectivity index (χ1n) is 11.7. The predicted molar refractivity (Wildman–Crippen MR) is 131 cm³/mol. The molecule has 36 heavy (non-hydrogen) atoms. The number of aromatic carboxylic acids is 1. The Morgan fingerprint density at radius 1 is 0.917 bits per heavy atom. The van der Waals surface area contributed by atoms with Crippen molar-refractivity contribution in [2.24, 2.45) is 0 Å². The molecule has 2 aromatic carbocycles. The van der Waals surface area contributed by atoms with E-state index in [0.29, 0.717) is 12.1 Å². The van der Waals surface area contributed by atoms with Crippen LogP contribution >= 0.6 is 0 Å². The van der Waals surface area contributed by atoms with E-state index in [1.807, 2.05) is 27.6 Å². The van der Waals surface area contributed by atoms with Crippen molar-refractivity contribution in [3.05, 3.63) is 47.5 Å². The summed E-state index contributed by atoms with van der Waals surface area (Å²) in [5, 5.41) is 34.1. The molecule has 10 nitrogen and oxygen atoms in total. The molecule has 2 aliphatic carbocycles. The molecule has 1 aliphatic heterocycles. The summed E-state index contributed by atoms with van der Waals surface area (Å²) in [5.74, 6) is -0.916. The van der Waals surface area contributed by atoms with Crippen LogP contribution in [0.15, 0.2) is 36.4 Å². The fraction of sp³-hybridized carbons (Fsp3) is 0.458. The molecule has 0 unspecified atom stereocenters. The molecule has 0 atom stereocenters. The minimum Gasteiger partial charge on any atom is -1.00 e. The first-order valence-corrected chi connectivity index (χ1v) is 11.7. The molecule has 0 bridgehead atoms. The van der Waals surface area contributed by atoms with E-state index in [1.165, 1.54) is 25.7 Å². The van der Waals surface area contributed by atoms with E-state index in [2.05, 4.69) is 20.6 Å². The third-order valence-corrected chi connectivity index (χ3v) is 6.05. The molecule has 3 fully saturated rings. The maximum absolute atomic E-state index is 10.8. The summed E-state index contributed by atoms with van der Waals surface area (Å²) in [7, 11) is 0. The molecule has 3 heterocycles. The Morgan fingerprint density at radius 2 is 1.44 bits per heavy atom. The number of hydrogen-bond acceptors (Lipinski definition) is 7. The van der Waals surface area contributed by atoms with Gasteiger partial charge in [0.1, 0.15) is 11.0 Å². The van der Waals surface area contributed by atoms with Gasteiger partial charge in [0.15, 0.2) is 0 Å². The monoisotopic (exact) mass is 499 g/mol. The number of benzene rings is 2. The Kier molecular flexibility index (Phi) is 10.1. The van der Waals surface area contributed by atoms with Crippen LogP contribution in [0.2, 0.25) is 0 Å². The number of carboxylic acid groups (broad SMARTS) is 1. The van der Waals surface area contributed by atoms with Gasteiger partial charge in [-0.15, -0.1) is 10.2 Å². The van der Waals surface area contributed by atoms with Crippen LogP contribution in [0.3, 0.4) is 0 Å². The molecule has 183 valence electrons. The molecule has 2 saturated carbocycles. The van der Waals surface area contributed by atoms with E-state index in [4.69, 9.17) is 14.9 Å². The van der Waals surface area contributed by atoms with Crippen LogP contribution in [0.4, 0.5) is 0 Å². The molecular formula is C24H29AlLiN6O4. The standard InChI is InChI=1S/C10H9N3O2.C10H11N3O.C4H8O.Al.Li.H/c14-10(15)6-1-4-8-9(5-6)13(12-11-8)7-2-3-7;14-6-7-1-4-9-10(5-7)13(12-11-9)8-2-3-8;1-2-4-5-3-1;;;/h1,4-5,7H,2-3H2,(H,14,15);1,4-5,8,14H,2-3,6H2;1-4H2;;;/q;;;;+1;-1. The van der Waals surface area contributed by atoms with E-state index in [1.54, 1.807) is 18.2 Å². The average Bonchev–Trinajstić information content (AvgIpc) is 3.72. The zero-order valence-corrected chi connectivity index (χ0v) is 21.6. The fourth-order valence-corrected chi connectivity index (χ4v) is 3.84. The van der Waals surface area contributed by atoms with Gasteiger partial charge >= 0.3 is 24.8 Å². The normalized spacial score (nSPS) is 16.2. The van der Waals surface area contributed by atoms with Crippen LogP contribution in [0.5, 0.6) is 0 Å². The SMILES string of the molecule is C1CCOC1.O=C(O)c1ccc2nnn(C3CC3)c2c1.OCc1ccc2nnn(C3CC3)c2c1.[Al].[H-].[Li+]. The van der Waals surface area contributed by atoms with Gasteiger partial charge in [0.05, 0.1) is 35.3 Å². The van der Waals surface area contributed by atoms with Gasteiger partial charge < -0.3 is 16.4 Å². The molecule has 3 aliphatic rings. The molecule has 0 amide bonds. The van der Waals surface area contributed by atoms with Crippen molar-refractivity contribution < 1.29 is 40.0 Å². The van der Waals surface area contributed by atoms with Crippen LogP contribution in [-0.2, 0) is 11.3 Å². The minimum atomic E-state index is -0.916. The number of aliphatic hydroxyl groups is 1. The van der Waals surface area contributed by atoms with E-state index in [0.717, 1.165) is 53.7 Å². The molecule has 7 rings (SSSR count). The fourth-order valence-electron chi connectivity index (χ4n) is 3.84. The van der Waals surface area contributed by atoms with Crippen LogP contribution in [0, 0.1) is 0 Å². The first kappa shape index (κ1) is 28.3. The summed E-state index contributed by atoms with van der Waals surface area (Å²) in [5.41, 5.74) is 4.73. The van der Waals surface area contributed by atoms with Gasteiger partial charge in [0, 0.05) is 30.6 Å². The summed E-state index contributed by atoms with van der Waals surface area (Å²) in [6.45, 7) is 2.08. The van der Waals surface area contributed by atoms with Gasteiger partial charge in [-0.2, -0.15) is 0 Å². The number of ether oxygens (including phenoxy) is 1. The molecule has 2 aromatic heterocycles. The summed E-state index contributed by atoms with van der Waals surface area (Å²) < 4.78 is 8.73. The van der Waals surface area contributed by atoms with Crippen molar-refractivity contribution >= 4 is 45.4 Å². The molecule has 12 heteroatoms. The third-order valence-electron chi connectivity index (χ3n) is 6.05. The van der Waals surface area contributed by atoms with Crippen LogP contribution in [0.1, 0.15) is 68.0 Å². The van der Waals surface area contributed by atoms with Crippen molar-refractivity contribution in [2.45, 2.75) is 57.2 Å². The number of carboxylic acids is 1. The average molecular weight is 499 g/mol. The van der Waals surface area contributed by atoms with Gasteiger partial charge in [0.2, 0.25) is 0 Å². The molecular weight excluding hydrogens is 470 g/mol. The van der Waals surface area contributed by atoms with Gasteiger partial charge in [-0.05, 0) is 74.4 Å². The van der Waals surface area contributed by atoms with Crippen LogP contribution in [-0.4, -0.2) is 76.7 Å². The second-order valence-electron chi connectivity index (χ2n) is 8.84. The maximum atomic E-state index is 10.8. The van der Waals surface area contributed by atoms with Gasteiger partial charge in [-0.3, -0.25) is 0 Å². The van der Waals surface area contributed by atoms with E-state index in [-0.39, 0.29) is 49.8 Å². The van der Waals surface area contributed by atoms with Crippen molar-refractivity contribution in [1.82, 2.24) is 30.0 Å². The quantitative estimate of drug-likeness (QED) is 0.383. The zero-order valence-electron chi connectivity index (χ0n) is 21.5. The van der Waals surface area contributed by atoms with Crippen molar-refractivity contribution in [3.63, 3.8) is 0 Å². The smallest absolute Gasteiger partial charge is 1.00 e. The number of nitrogens with zero attached hydrogens (tertiary/aromatic N) is 6. The predicted octanol–water partition coefficient (Wildman–Crippen LogP) is 0.255. The summed E-state index contributed by atoms with van der Waals surface area (Å²) >= 11 is 0. The zero-order chi connectivity index (χ0) is 23.5. The summed E-state index contributed by atoms with van der Waals surface area (Å²) in [6, 6.07) is 11.6. The Hall–Kier alpha value is -2.24. The number of hydrogen-bond donors (Lipinski definition) is 2. The van der Waals surface area contributed by atoms with Gasteiger partial charge in [-0.1, -0.05) is 16.5 Å². The molecule has 2 N–H and O–H groups in total. The van der Waals surface area contributed by atoms with E-state index >= 15 is 0 Å². The number of aliphatic hydroxyl groups excluding tert-OH is 1.